The van der Waals surface area contributed by atoms with E-state index >= 15 is 0 Å². The number of amides is 1. The molecule has 1 amide bonds. The summed E-state index contributed by atoms with van der Waals surface area (Å²) in [5.41, 5.74) is -0.735. The minimum absolute atomic E-state index is 0.225. The lowest BCUT2D eigenvalue weighted by molar-refractivity contribution is -0.0501. The van der Waals surface area contributed by atoms with Gasteiger partial charge in [0.25, 0.3) is 11.5 Å². The van der Waals surface area contributed by atoms with Crippen LogP contribution in [0.25, 0.3) is 0 Å². The maximum absolute atomic E-state index is 13.1. The van der Waals surface area contributed by atoms with E-state index in [2.05, 4.69) is 20.6 Å². The van der Waals surface area contributed by atoms with Crippen LogP contribution in [0.2, 0.25) is 5.02 Å². The third kappa shape index (κ3) is 1.84. The maximum atomic E-state index is 13.1. The first-order chi connectivity index (χ1) is 11.4. The second-order valence-electron chi connectivity index (χ2n) is 6.81. The first kappa shape index (κ1) is 15.1. The van der Waals surface area contributed by atoms with Gasteiger partial charge in [-0.3, -0.25) is 14.2 Å². The molecule has 1 unspecified atom stereocenters. The second kappa shape index (κ2) is 4.80. The number of pyridine rings is 1. The number of aromatic nitrogens is 3. The molecule has 0 radical (unpaired) electrons. The van der Waals surface area contributed by atoms with E-state index in [9.17, 15) is 9.59 Å². The van der Waals surface area contributed by atoms with Crippen molar-refractivity contribution in [2.24, 2.45) is 5.41 Å². The number of anilines is 2. The molecule has 4 rings (SSSR count). The Morgan fingerprint density at radius 1 is 1.33 bits per heavy atom. The van der Waals surface area contributed by atoms with Gasteiger partial charge in [-0.1, -0.05) is 25.4 Å². The number of hydrogen-bond acceptors (Lipinski definition) is 5. The Bertz CT molecular complexity index is 909. The van der Waals surface area contributed by atoms with Crippen molar-refractivity contribution in [1.29, 1.82) is 0 Å². The van der Waals surface area contributed by atoms with Crippen LogP contribution < -0.4 is 16.2 Å². The second-order valence-corrected chi connectivity index (χ2v) is 7.22. The first-order valence-electron chi connectivity index (χ1n) is 7.67. The summed E-state index contributed by atoms with van der Waals surface area (Å²) in [4.78, 5) is 33.4. The van der Waals surface area contributed by atoms with Crippen molar-refractivity contribution in [2.45, 2.75) is 32.4 Å². The van der Waals surface area contributed by atoms with Crippen LogP contribution in [0.5, 0.6) is 0 Å². The summed E-state index contributed by atoms with van der Waals surface area (Å²) < 4.78 is 1.52. The molecule has 2 aromatic rings. The molecular weight excluding hydrogens is 330 g/mol. The molecular formula is C16H16ClN5O2. The number of nitrogens with one attached hydrogen (secondary N) is 2. The molecule has 1 spiro atoms. The van der Waals surface area contributed by atoms with E-state index < -0.39 is 5.66 Å². The Hall–Kier alpha value is -2.41. The van der Waals surface area contributed by atoms with Crippen LogP contribution in [0, 0.1) is 5.41 Å². The lowest BCUT2D eigenvalue weighted by Crippen LogP contribution is -2.63. The number of hydrogen-bond donors (Lipinski definition) is 2. The summed E-state index contributed by atoms with van der Waals surface area (Å²) in [5.74, 6) is 0.177. The van der Waals surface area contributed by atoms with Crippen molar-refractivity contribution in [1.82, 2.24) is 19.9 Å². The number of nitrogens with zero attached hydrogens (tertiary/aromatic N) is 3. The lowest BCUT2D eigenvalue weighted by Gasteiger charge is -2.54. The summed E-state index contributed by atoms with van der Waals surface area (Å²) in [6.45, 7) is 4.08. The molecule has 24 heavy (non-hydrogen) atoms. The highest BCUT2D eigenvalue weighted by Gasteiger charge is 2.60. The van der Waals surface area contributed by atoms with Gasteiger partial charge in [0.1, 0.15) is 29.2 Å². The Balaban J connectivity index is 1.90. The molecule has 8 heteroatoms. The molecule has 0 bridgehead atoms. The van der Waals surface area contributed by atoms with Gasteiger partial charge in [0.15, 0.2) is 0 Å². The van der Waals surface area contributed by atoms with E-state index in [1.165, 1.54) is 17.0 Å². The highest BCUT2D eigenvalue weighted by Crippen LogP contribution is 2.55. The lowest BCUT2D eigenvalue weighted by atomic mass is 9.62. The Morgan fingerprint density at radius 3 is 2.71 bits per heavy atom. The van der Waals surface area contributed by atoms with Crippen LogP contribution in [-0.4, -0.2) is 20.4 Å². The third-order valence-electron chi connectivity index (χ3n) is 5.15. The smallest absolute Gasteiger partial charge is 0.276 e. The van der Waals surface area contributed by atoms with Crippen LogP contribution in [0.1, 0.15) is 37.2 Å². The van der Waals surface area contributed by atoms with E-state index in [4.69, 9.17) is 11.6 Å². The van der Waals surface area contributed by atoms with Gasteiger partial charge in [-0.25, -0.2) is 9.97 Å². The van der Waals surface area contributed by atoms with Crippen molar-refractivity contribution in [3.05, 3.63) is 45.7 Å². The number of carbonyl (C=O) groups excluding carboxylic acids is 1. The zero-order valence-electron chi connectivity index (χ0n) is 13.3. The monoisotopic (exact) mass is 345 g/mol. The van der Waals surface area contributed by atoms with Crippen molar-refractivity contribution in [2.75, 3.05) is 5.32 Å². The molecule has 2 N–H and O–H groups in total. The number of fused-ring (bicyclic) bond motifs is 2. The average molecular weight is 346 g/mol. The number of carbonyl (C=O) groups is 1. The molecule has 3 heterocycles. The fraction of sp³-hybridized carbons (Fsp3) is 0.375. The molecule has 7 nitrogen and oxygen atoms in total. The molecule has 1 fully saturated rings. The molecule has 1 saturated carbocycles. The zero-order valence-corrected chi connectivity index (χ0v) is 14.0. The first-order valence-corrected chi connectivity index (χ1v) is 8.05. The van der Waals surface area contributed by atoms with Gasteiger partial charge in [0.05, 0.1) is 5.02 Å². The van der Waals surface area contributed by atoms with Crippen LogP contribution in [0.15, 0.2) is 29.5 Å². The molecule has 1 atom stereocenters. The standard InChI is InChI=1S/C16H16ClN5O2/c1-15(2)4-5-16(15)21-13(23)12-9(17)7-10(14(24)22(12)16)20-11-3-6-18-8-19-11/h3,6-8H,4-5H2,1-2H3,(H,21,23)(H,18,19,20). The zero-order chi connectivity index (χ0) is 17.1. The summed E-state index contributed by atoms with van der Waals surface area (Å²) >= 11 is 6.32. The highest BCUT2D eigenvalue weighted by molar-refractivity contribution is 6.34. The van der Waals surface area contributed by atoms with E-state index in [0.29, 0.717) is 12.2 Å². The third-order valence-corrected chi connectivity index (χ3v) is 5.44. The van der Waals surface area contributed by atoms with Crippen molar-refractivity contribution < 1.29 is 4.79 Å². The summed E-state index contributed by atoms with van der Waals surface area (Å²) in [6, 6.07) is 3.12. The average Bonchev–Trinajstić information content (AvgIpc) is 2.89. The van der Waals surface area contributed by atoms with Gasteiger partial charge in [-0.15, -0.1) is 0 Å². The fourth-order valence-corrected chi connectivity index (χ4v) is 3.84. The van der Waals surface area contributed by atoms with Gasteiger partial charge < -0.3 is 10.6 Å². The van der Waals surface area contributed by atoms with Gasteiger partial charge in [-0.2, -0.15) is 0 Å². The molecule has 124 valence electrons. The Kier molecular flexibility index (Phi) is 3.02. The predicted octanol–water partition coefficient (Wildman–Crippen LogP) is 2.25. The SMILES string of the molecule is CC1(C)CCC12NC(=O)c1c(Cl)cc(Nc3ccncn3)c(=O)n12. The topological polar surface area (TPSA) is 88.9 Å². The van der Waals surface area contributed by atoms with Crippen molar-refractivity contribution >= 4 is 29.0 Å². The van der Waals surface area contributed by atoms with Crippen LogP contribution in [0.3, 0.4) is 0 Å². The number of halogens is 1. The van der Waals surface area contributed by atoms with Crippen molar-refractivity contribution in [3.63, 3.8) is 0 Å². The maximum Gasteiger partial charge on any atom is 0.276 e. The molecule has 2 aromatic heterocycles. The largest absolute Gasteiger partial charge is 0.336 e. The molecule has 1 aliphatic carbocycles. The fourth-order valence-electron chi connectivity index (χ4n) is 3.56. The van der Waals surface area contributed by atoms with Gasteiger partial charge in [-0.05, 0) is 25.0 Å². The molecule has 1 aliphatic heterocycles. The quantitative estimate of drug-likeness (QED) is 0.871. The van der Waals surface area contributed by atoms with Gasteiger partial charge in [0, 0.05) is 11.6 Å². The summed E-state index contributed by atoms with van der Waals surface area (Å²) in [6.07, 6.45) is 4.58. The Morgan fingerprint density at radius 2 is 2.12 bits per heavy atom. The van der Waals surface area contributed by atoms with Crippen molar-refractivity contribution in [3.8, 4) is 0 Å². The summed E-state index contributed by atoms with van der Waals surface area (Å²) in [7, 11) is 0. The summed E-state index contributed by atoms with van der Waals surface area (Å²) in [5, 5.41) is 6.18. The Labute approximate surface area is 143 Å². The molecule has 0 aromatic carbocycles. The number of rotatable bonds is 2. The van der Waals surface area contributed by atoms with E-state index in [1.807, 2.05) is 13.8 Å². The van der Waals surface area contributed by atoms with E-state index in [0.717, 1.165) is 6.42 Å². The molecule has 0 saturated heterocycles. The van der Waals surface area contributed by atoms with E-state index in [-0.39, 0.29) is 33.3 Å². The normalized spacial score (nSPS) is 23.5. The van der Waals surface area contributed by atoms with E-state index in [1.54, 1.807) is 12.3 Å². The minimum Gasteiger partial charge on any atom is -0.336 e. The van der Waals surface area contributed by atoms with Crippen LogP contribution >= 0.6 is 11.6 Å². The van der Waals surface area contributed by atoms with Gasteiger partial charge >= 0.3 is 0 Å². The van der Waals surface area contributed by atoms with Gasteiger partial charge in [0.2, 0.25) is 0 Å². The highest BCUT2D eigenvalue weighted by atomic mass is 35.5. The van der Waals surface area contributed by atoms with Crippen LogP contribution in [-0.2, 0) is 5.66 Å². The minimum atomic E-state index is -0.719. The molecule has 2 aliphatic rings. The predicted molar refractivity (Wildman–Crippen MR) is 89.5 cm³/mol. The van der Waals surface area contributed by atoms with Crippen LogP contribution in [0.4, 0.5) is 11.5 Å².